The van der Waals surface area contributed by atoms with Gasteiger partial charge in [0.1, 0.15) is 11.7 Å². The van der Waals surface area contributed by atoms with Crippen LogP contribution in [0.4, 0.5) is 0 Å². The minimum absolute atomic E-state index is 0.271. The molecule has 0 fully saturated rings. The van der Waals surface area contributed by atoms with Gasteiger partial charge in [0.05, 0.1) is 12.6 Å². The molecule has 3 atom stereocenters. The molecule has 0 aliphatic heterocycles. The molecule has 4 N–H and O–H groups in total. The van der Waals surface area contributed by atoms with Crippen LogP contribution in [0, 0.1) is 5.92 Å². The second kappa shape index (κ2) is 9.57. The van der Waals surface area contributed by atoms with Crippen LogP contribution < -0.4 is 15.4 Å². The number of nitrogens with one attached hydrogen (secondary N) is 2. The summed E-state index contributed by atoms with van der Waals surface area (Å²) < 4.78 is 5.16. The van der Waals surface area contributed by atoms with Gasteiger partial charge in [-0.2, -0.15) is 0 Å². The highest BCUT2D eigenvalue weighted by molar-refractivity contribution is 6.44. The number of benzene rings is 1. The molecule has 1 aromatic carbocycles. The highest BCUT2D eigenvalue weighted by Crippen LogP contribution is 2.34. The molecule has 7 nitrogen and oxygen atoms in total. The summed E-state index contributed by atoms with van der Waals surface area (Å²) in [6.07, 6.45) is 7.27. The van der Waals surface area contributed by atoms with E-state index in [0.29, 0.717) is 12.2 Å². The van der Waals surface area contributed by atoms with Gasteiger partial charge in [0.25, 0.3) is 0 Å². The monoisotopic (exact) mass is 386 g/mol. The zero-order valence-corrected chi connectivity index (χ0v) is 16.4. The Balaban J connectivity index is 2.01. The van der Waals surface area contributed by atoms with E-state index in [1.165, 1.54) is 6.92 Å². The Morgan fingerprint density at radius 1 is 1.29 bits per heavy atom. The van der Waals surface area contributed by atoms with Crippen LogP contribution >= 0.6 is 0 Å². The Kier molecular flexibility index (Phi) is 7.42. The zero-order chi connectivity index (χ0) is 20.7. The molecular formula is C20H27BN2O5. The fourth-order valence-corrected chi connectivity index (χ4v) is 3.21. The predicted molar refractivity (Wildman–Crippen MR) is 107 cm³/mol. The molecule has 1 aliphatic rings. The predicted octanol–water partition coefficient (Wildman–Crippen LogP) is 1.18. The van der Waals surface area contributed by atoms with Crippen molar-refractivity contribution < 1.29 is 24.4 Å². The highest BCUT2D eigenvalue weighted by Gasteiger charge is 2.43. The molecular weight excluding hydrogens is 359 g/mol. The van der Waals surface area contributed by atoms with E-state index in [0.717, 1.165) is 5.56 Å². The van der Waals surface area contributed by atoms with Gasteiger partial charge in [-0.1, -0.05) is 43.4 Å². The first-order valence-electron chi connectivity index (χ1n) is 9.27. The number of methoxy groups -OCH3 is 1. The Bertz CT molecular complexity index is 765. The number of carbonyl (C=O) groups excluding carboxylic acids is 2. The summed E-state index contributed by atoms with van der Waals surface area (Å²) in [7, 11) is -0.0577. The SMILES string of the molecule is CC[C@]1(NC(=O)C(C)C(=O)NCc2cccc(OC)c2)C=CC=CC1B(O)O. The molecule has 1 aromatic rings. The molecule has 1 aliphatic carbocycles. The van der Waals surface area contributed by atoms with E-state index in [1.54, 1.807) is 31.4 Å². The summed E-state index contributed by atoms with van der Waals surface area (Å²) in [5.74, 6) is -1.84. The largest absolute Gasteiger partial charge is 0.497 e. The minimum Gasteiger partial charge on any atom is -0.497 e. The standard InChI is InChI=1S/C20H27BN2O5/c1-4-20(11-6-5-10-17(20)21(26)27)23-19(25)14(2)18(24)22-13-15-8-7-9-16(12-15)28-3/h5-12,14,17,26-27H,4,13H2,1-3H3,(H,22,24)(H,23,25)/t14?,17?,20-/m0/s1. The van der Waals surface area contributed by atoms with Crippen LogP contribution in [0.1, 0.15) is 25.8 Å². The number of carbonyl (C=O) groups is 2. The van der Waals surface area contributed by atoms with Crippen LogP contribution in [0.25, 0.3) is 0 Å². The molecule has 8 heteroatoms. The topological polar surface area (TPSA) is 108 Å². The van der Waals surface area contributed by atoms with Gasteiger partial charge >= 0.3 is 7.12 Å². The van der Waals surface area contributed by atoms with Crippen LogP contribution in [0.2, 0.25) is 5.82 Å². The summed E-state index contributed by atoms with van der Waals surface area (Å²) >= 11 is 0. The van der Waals surface area contributed by atoms with Crippen LogP contribution in [0.15, 0.2) is 48.6 Å². The third-order valence-electron chi connectivity index (χ3n) is 5.07. The van der Waals surface area contributed by atoms with Crippen molar-refractivity contribution in [3.05, 3.63) is 54.1 Å². The highest BCUT2D eigenvalue weighted by atomic mass is 16.5. The van der Waals surface area contributed by atoms with Gasteiger partial charge in [0, 0.05) is 12.4 Å². The van der Waals surface area contributed by atoms with Crippen molar-refractivity contribution in [3.63, 3.8) is 0 Å². The number of hydrogen-bond donors (Lipinski definition) is 4. The van der Waals surface area contributed by atoms with Crippen LogP contribution in [-0.4, -0.2) is 41.6 Å². The number of amides is 2. The number of allylic oxidation sites excluding steroid dienone is 2. The zero-order valence-electron chi connectivity index (χ0n) is 16.4. The first-order chi connectivity index (χ1) is 13.3. The third-order valence-corrected chi connectivity index (χ3v) is 5.07. The number of rotatable bonds is 8. The third kappa shape index (κ3) is 5.02. The molecule has 0 saturated heterocycles. The normalized spacial score (nSPS) is 21.7. The molecule has 0 aromatic heterocycles. The molecule has 0 spiro atoms. The van der Waals surface area contributed by atoms with E-state index in [2.05, 4.69) is 10.6 Å². The van der Waals surface area contributed by atoms with Gasteiger partial charge < -0.3 is 25.4 Å². The van der Waals surface area contributed by atoms with Gasteiger partial charge in [0.2, 0.25) is 11.8 Å². The maximum absolute atomic E-state index is 12.7. The van der Waals surface area contributed by atoms with Gasteiger partial charge in [-0.15, -0.1) is 0 Å². The van der Waals surface area contributed by atoms with Crippen molar-refractivity contribution in [2.24, 2.45) is 5.92 Å². The summed E-state index contributed by atoms with van der Waals surface area (Å²) in [6.45, 7) is 3.63. The molecule has 0 radical (unpaired) electrons. The number of ether oxygens (including phenoxy) is 1. The summed E-state index contributed by atoms with van der Waals surface area (Å²) in [6, 6.07) is 7.30. The fraction of sp³-hybridized carbons (Fsp3) is 0.400. The van der Waals surface area contributed by atoms with Crippen LogP contribution in [0.5, 0.6) is 5.75 Å². The summed E-state index contributed by atoms with van der Waals surface area (Å²) in [5, 5.41) is 25.0. The fourth-order valence-electron chi connectivity index (χ4n) is 3.21. The molecule has 0 bridgehead atoms. The van der Waals surface area contributed by atoms with E-state index < -0.39 is 36.2 Å². The number of hydrogen-bond acceptors (Lipinski definition) is 5. The maximum Gasteiger partial charge on any atom is 0.461 e. The Hall–Kier alpha value is -2.58. The first-order valence-corrected chi connectivity index (χ1v) is 9.27. The van der Waals surface area contributed by atoms with Gasteiger partial charge in [-0.3, -0.25) is 9.59 Å². The molecule has 2 amide bonds. The average molecular weight is 386 g/mol. The van der Waals surface area contributed by atoms with E-state index in [-0.39, 0.29) is 6.54 Å². The molecule has 0 heterocycles. The summed E-state index contributed by atoms with van der Waals surface area (Å²) in [4.78, 5) is 25.1. The molecule has 28 heavy (non-hydrogen) atoms. The second-order valence-electron chi connectivity index (χ2n) is 6.86. The van der Waals surface area contributed by atoms with Crippen molar-refractivity contribution in [3.8, 4) is 5.75 Å². The van der Waals surface area contributed by atoms with Crippen LogP contribution in [-0.2, 0) is 16.1 Å². The van der Waals surface area contributed by atoms with Crippen molar-refractivity contribution in [1.82, 2.24) is 10.6 Å². The molecule has 150 valence electrons. The van der Waals surface area contributed by atoms with Gasteiger partial charge in [0.15, 0.2) is 0 Å². The van der Waals surface area contributed by atoms with Crippen molar-refractivity contribution in [2.75, 3.05) is 7.11 Å². The minimum atomic E-state index is -1.63. The van der Waals surface area contributed by atoms with Crippen molar-refractivity contribution in [1.29, 1.82) is 0 Å². The van der Waals surface area contributed by atoms with Gasteiger partial charge in [-0.25, -0.2) is 0 Å². The molecule has 0 saturated carbocycles. The average Bonchev–Trinajstić information content (AvgIpc) is 2.71. The van der Waals surface area contributed by atoms with E-state index in [1.807, 2.05) is 31.2 Å². The van der Waals surface area contributed by atoms with Gasteiger partial charge in [-0.05, 0) is 31.0 Å². The second-order valence-corrected chi connectivity index (χ2v) is 6.86. The van der Waals surface area contributed by atoms with E-state index >= 15 is 0 Å². The lowest BCUT2D eigenvalue weighted by Crippen LogP contribution is -2.56. The lowest BCUT2D eigenvalue weighted by molar-refractivity contribution is -0.135. The van der Waals surface area contributed by atoms with Crippen molar-refractivity contribution in [2.45, 2.75) is 38.2 Å². The molecule has 2 rings (SSSR count). The van der Waals surface area contributed by atoms with E-state index in [9.17, 15) is 19.6 Å². The first kappa shape index (κ1) is 21.7. The smallest absolute Gasteiger partial charge is 0.461 e. The van der Waals surface area contributed by atoms with Crippen LogP contribution in [0.3, 0.4) is 0 Å². The van der Waals surface area contributed by atoms with Crippen molar-refractivity contribution >= 4 is 18.9 Å². The lowest BCUT2D eigenvalue weighted by Gasteiger charge is -2.39. The quantitative estimate of drug-likeness (QED) is 0.397. The Labute approximate surface area is 165 Å². The Morgan fingerprint density at radius 3 is 2.68 bits per heavy atom. The van der Waals surface area contributed by atoms with E-state index in [4.69, 9.17) is 4.74 Å². The Morgan fingerprint density at radius 2 is 2.04 bits per heavy atom. The lowest BCUT2D eigenvalue weighted by atomic mass is 9.59. The maximum atomic E-state index is 12.7. The molecule has 2 unspecified atom stereocenters. The summed E-state index contributed by atoms with van der Waals surface area (Å²) in [5.41, 5.74) is -0.101.